The van der Waals surface area contributed by atoms with Gasteiger partial charge in [-0.2, -0.15) is 0 Å². The smallest absolute Gasteiger partial charge is 0.224 e. The Labute approximate surface area is 148 Å². The molecule has 1 aliphatic rings. The summed E-state index contributed by atoms with van der Waals surface area (Å²) in [5.41, 5.74) is 3.21. The van der Waals surface area contributed by atoms with E-state index in [0.717, 1.165) is 43.6 Å². The molecule has 0 amide bonds. The van der Waals surface area contributed by atoms with Gasteiger partial charge in [-0.05, 0) is 42.8 Å². The second-order valence-corrected chi connectivity index (χ2v) is 6.06. The summed E-state index contributed by atoms with van der Waals surface area (Å²) >= 11 is 12.1. The molecule has 3 rings (SSSR count). The van der Waals surface area contributed by atoms with Crippen LogP contribution in [0.15, 0.2) is 12.1 Å². The van der Waals surface area contributed by atoms with Gasteiger partial charge < -0.3 is 9.80 Å². The summed E-state index contributed by atoms with van der Waals surface area (Å²) in [7, 11) is 0. The van der Waals surface area contributed by atoms with Crippen molar-refractivity contribution in [1.82, 2.24) is 14.9 Å². The lowest BCUT2D eigenvalue weighted by Gasteiger charge is -2.36. The maximum atomic E-state index is 6.21. The molecular weight excluding hydrogens is 331 g/mol. The van der Waals surface area contributed by atoms with Gasteiger partial charge in [-0.3, -0.25) is 0 Å². The van der Waals surface area contributed by atoms with E-state index in [-0.39, 0.29) is 5.28 Å². The molecule has 1 aromatic heterocycles. The van der Waals surface area contributed by atoms with E-state index in [0.29, 0.717) is 5.15 Å². The van der Waals surface area contributed by atoms with Crippen molar-refractivity contribution in [3.05, 3.63) is 28.1 Å². The highest BCUT2D eigenvalue weighted by molar-refractivity contribution is 6.35. The molecule has 0 radical (unpaired) electrons. The Hall–Kier alpha value is -1.10. The number of halogens is 2. The maximum absolute atomic E-state index is 6.21. The van der Waals surface area contributed by atoms with Gasteiger partial charge in [0.2, 0.25) is 5.28 Å². The Bertz CT molecular complexity index is 667. The maximum Gasteiger partial charge on any atom is 0.224 e. The summed E-state index contributed by atoms with van der Waals surface area (Å²) in [6, 6.07) is 4.13. The van der Waals surface area contributed by atoms with E-state index in [9.17, 15) is 0 Å². The highest BCUT2D eigenvalue weighted by atomic mass is 35.5. The predicted octanol–water partition coefficient (Wildman–Crippen LogP) is 4.41. The zero-order valence-corrected chi connectivity index (χ0v) is 15.7. The molecule has 1 aliphatic heterocycles. The Balaban J connectivity index is 0.000000924. The highest BCUT2D eigenvalue weighted by Gasteiger charge is 2.18. The quantitative estimate of drug-likeness (QED) is 0.590. The van der Waals surface area contributed by atoms with Crippen LogP contribution in [0.2, 0.25) is 10.4 Å². The monoisotopic (exact) mass is 354 g/mol. The molecule has 1 saturated heterocycles. The van der Waals surface area contributed by atoms with Gasteiger partial charge in [0.1, 0.15) is 5.15 Å². The van der Waals surface area contributed by atoms with Gasteiger partial charge in [0.15, 0.2) is 0 Å². The molecule has 0 bridgehead atoms. The van der Waals surface area contributed by atoms with Gasteiger partial charge in [-0.1, -0.05) is 32.4 Å². The van der Waals surface area contributed by atoms with E-state index in [1.54, 1.807) is 0 Å². The molecule has 2 heterocycles. The zero-order valence-electron chi connectivity index (χ0n) is 14.2. The number of piperazine rings is 1. The van der Waals surface area contributed by atoms with Crippen molar-refractivity contribution in [3.63, 3.8) is 0 Å². The minimum Gasteiger partial charge on any atom is -0.369 e. The molecule has 1 fully saturated rings. The molecular formula is C17H24Cl2N4. The van der Waals surface area contributed by atoms with E-state index in [2.05, 4.69) is 39.7 Å². The Kier molecular flexibility index (Phi) is 6.45. The lowest BCUT2D eigenvalue weighted by atomic mass is 10.1. The third-order valence-electron chi connectivity index (χ3n) is 4.10. The van der Waals surface area contributed by atoms with Gasteiger partial charge in [0.05, 0.1) is 5.52 Å². The van der Waals surface area contributed by atoms with Gasteiger partial charge in [0.25, 0.3) is 0 Å². The summed E-state index contributed by atoms with van der Waals surface area (Å²) in [6.07, 6.45) is 0. The Morgan fingerprint density at radius 1 is 1.04 bits per heavy atom. The van der Waals surface area contributed by atoms with Crippen LogP contribution in [0.1, 0.15) is 26.3 Å². The minimum absolute atomic E-state index is 0.191. The fourth-order valence-corrected chi connectivity index (χ4v) is 3.30. The summed E-state index contributed by atoms with van der Waals surface area (Å²) < 4.78 is 0. The average Bonchev–Trinajstić information content (AvgIpc) is 2.56. The number of likely N-dealkylation sites (N-methyl/N-ethyl adjacent to an activating group) is 1. The van der Waals surface area contributed by atoms with Crippen molar-refractivity contribution < 1.29 is 0 Å². The summed E-state index contributed by atoms with van der Waals surface area (Å²) in [6.45, 7) is 13.7. The number of rotatable bonds is 2. The molecule has 6 heteroatoms. The number of benzene rings is 1. The number of anilines is 1. The third-order valence-corrected chi connectivity index (χ3v) is 4.56. The van der Waals surface area contributed by atoms with E-state index < -0.39 is 0 Å². The van der Waals surface area contributed by atoms with Crippen LogP contribution in [0.4, 0.5) is 5.69 Å². The topological polar surface area (TPSA) is 32.3 Å². The van der Waals surface area contributed by atoms with Crippen molar-refractivity contribution >= 4 is 39.8 Å². The molecule has 126 valence electrons. The highest BCUT2D eigenvalue weighted by Crippen LogP contribution is 2.30. The number of hydrogen-bond donors (Lipinski definition) is 0. The molecule has 0 saturated carbocycles. The molecule has 0 atom stereocenters. The number of hydrogen-bond acceptors (Lipinski definition) is 4. The normalized spacial score (nSPS) is 15.5. The first kappa shape index (κ1) is 18.2. The first-order chi connectivity index (χ1) is 11.1. The van der Waals surface area contributed by atoms with E-state index in [1.807, 2.05) is 19.9 Å². The molecule has 0 spiro atoms. The summed E-state index contributed by atoms with van der Waals surface area (Å²) in [4.78, 5) is 13.2. The molecule has 0 N–H and O–H groups in total. The SMILES string of the molecule is CC.CCN1CCN(c2cc3c(Cl)nc(Cl)nc3cc2C)CC1. The van der Waals surface area contributed by atoms with Crippen LogP contribution >= 0.6 is 23.2 Å². The predicted molar refractivity (Wildman–Crippen MR) is 100.0 cm³/mol. The van der Waals surface area contributed by atoms with E-state index >= 15 is 0 Å². The van der Waals surface area contributed by atoms with Crippen molar-refractivity contribution in [1.29, 1.82) is 0 Å². The lowest BCUT2D eigenvalue weighted by Crippen LogP contribution is -2.46. The van der Waals surface area contributed by atoms with Gasteiger partial charge in [-0.25, -0.2) is 9.97 Å². The van der Waals surface area contributed by atoms with Crippen LogP contribution in [-0.4, -0.2) is 47.6 Å². The Morgan fingerprint density at radius 3 is 2.30 bits per heavy atom. The van der Waals surface area contributed by atoms with Gasteiger partial charge in [0, 0.05) is 37.3 Å². The van der Waals surface area contributed by atoms with Gasteiger partial charge in [-0.15, -0.1) is 0 Å². The number of fused-ring (bicyclic) bond motifs is 1. The molecule has 1 aromatic carbocycles. The molecule has 23 heavy (non-hydrogen) atoms. The standard InChI is InChI=1S/C15H18Cl2N4.C2H6/c1-3-20-4-6-21(7-5-20)13-9-11-12(8-10(13)2)18-15(17)19-14(11)16;1-2/h8-9H,3-7H2,1-2H3;1-2H3. The number of nitrogens with zero attached hydrogens (tertiary/aromatic N) is 4. The second-order valence-electron chi connectivity index (χ2n) is 5.36. The first-order valence-corrected chi connectivity index (χ1v) is 8.94. The fraction of sp³-hybridized carbons (Fsp3) is 0.529. The number of aryl methyl sites for hydroxylation is 1. The summed E-state index contributed by atoms with van der Waals surface area (Å²) in [5.74, 6) is 0. The van der Waals surface area contributed by atoms with Crippen LogP contribution in [-0.2, 0) is 0 Å². The van der Waals surface area contributed by atoms with Crippen LogP contribution < -0.4 is 4.90 Å². The average molecular weight is 355 g/mol. The van der Waals surface area contributed by atoms with Gasteiger partial charge >= 0.3 is 0 Å². The van der Waals surface area contributed by atoms with Crippen LogP contribution in [0.5, 0.6) is 0 Å². The fourth-order valence-electron chi connectivity index (χ4n) is 2.85. The lowest BCUT2D eigenvalue weighted by molar-refractivity contribution is 0.271. The molecule has 2 aromatic rings. The van der Waals surface area contributed by atoms with Crippen molar-refractivity contribution in [2.75, 3.05) is 37.6 Å². The Morgan fingerprint density at radius 2 is 1.70 bits per heavy atom. The zero-order chi connectivity index (χ0) is 17.0. The summed E-state index contributed by atoms with van der Waals surface area (Å²) in [5, 5.41) is 1.47. The molecule has 4 nitrogen and oxygen atoms in total. The van der Waals surface area contributed by atoms with Crippen LogP contribution in [0.3, 0.4) is 0 Å². The minimum atomic E-state index is 0.191. The largest absolute Gasteiger partial charge is 0.369 e. The van der Waals surface area contributed by atoms with E-state index in [4.69, 9.17) is 23.2 Å². The van der Waals surface area contributed by atoms with E-state index in [1.165, 1.54) is 11.3 Å². The van der Waals surface area contributed by atoms with Crippen LogP contribution in [0.25, 0.3) is 10.9 Å². The molecule has 0 aliphatic carbocycles. The second kappa shape index (κ2) is 8.13. The van der Waals surface area contributed by atoms with Crippen LogP contribution in [0, 0.1) is 6.92 Å². The van der Waals surface area contributed by atoms with Crippen molar-refractivity contribution in [2.24, 2.45) is 0 Å². The van der Waals surface area contributed by atoms with Crippen molar-refractivity contribution in [3.8, 4) is 0 Å². The first-order valence-electron chi connectivity index (χ1n) is 8.19. The molecule has 0 unspecified atom stereocenters. The third kappa shape index (κ3) is 4.06. The van der Waals surface area contributed by atoms with Crippen molar-refractivity contribution in [2.45, 2.75) is 27.7 Å². The number of aromatic nitrogens is 2.